The van der Waals surface area contributed by atoms with E-state index in [0.717, 1.165) is 22.4 Å². The van der Waals surface area contributed by atoms with Gasteiger partial charge < -0.3 is 5.32 Å². The van der Waals surface area contributed by atoms with Crippen LogP contribution in [0.2, 0.25) is 10.0 Å². The van der Waals surface area contributed by atoms with Crippen molar-refractivity contribution < 1.29 is 0 Å². The summed E-state index contributed by atoms with van der Waals surface area (Å²) in [5.74, 6) is 0.424. The van der Waals surface area contributed by atoms with Crippen LogP contribution in [0.25, 0.3) is 0 Å². The second-order valence-electron chi connectivity index (χ2n) is 5.91. The molecule has 3 aromatic rings. The first-order valence-corrected chi connectivity index (χ1v) is 9.06. The number of hydrogen-bond donors (Lipinski definition) is 2. The van der Waals surface area contributed by atoms with Gasteiger partial charge in [-0.1, -0.05) is 41.4 Å². The van der Waals surface area contributed by atoms with Gasteiger partial charge in [0.05, 0.1) is 16.6 Å². The first kappa shape index (κ1) is 18.6. The summed E-state index contributed by atoms with van der Waals surface area (Å²) >= 11 is 17.3. The molecule has 0 spiro atoms. The molecule has 26 heavy (non-hydrogen) atoms. The van der Waals surface area contributed by atoms with Gasteiger partial charge >= 0.3 is 0 Å². The van der Waals surface area contributed by atoms with E-state index < -0.39 is 0 Å². The van der Waals surface area contributed by atoms with Crippen LogP contribution in [0.3, 0.4) is 0 Å². The number of halogens is 2. The molecule has 2 N–H and O–H groups in total. The number of rotatable bonds is 4. The van der Waals surface area contributed by atoms with E-state index in [1.807, 2.05) is 38.1 Å². The lowest BCUT2D eigenvalue weighted by atomic mass is 10.1. The molecule has 2 aromatic carbocycles. The monoisotopic (exact) mass is 405 g/mol. The van der Waals surface area contributed by atoms with E-state index in [9.17, 15) is 0 Å². The number of anilines is 2. The Morgan fingerprint density at radius 3 is 2.65 bits per heavy atom. The number of nitrogens with one attached hydrogen (secondary N) is 2. The summed E-state index contributed by atoms with van der Waals surface area (Å²) in [5, 5.41) is 12.0. The minimum atomic E-state index is 0.424. The predicted molar refractivity (Wildman–Crippen MR) is 111 cm³/mol. The molecule has 0 amide bonds. The van der Waals surface area contributed by atoms with Gasteiger partial charge in [-0.2, -0.15) is 0 Å². The van der Waals surface area contributed by atoms with Crippen LogP contribution in [-0.2, 0) is 6.54 Å². The molecule has 0 fully saturated rings. The van der Waals surface area contributed by atoms with Gasteiger partial charge in [-0.25, -0.2) is 9.67 Å². The average Bonchev–Trinajstić information content (AvgIpc) is 3.01. The van der Waals surface area contributed by atoms with Crippen LogP contribution in [0.4, 0.5) is 11.6 Å². The summed E-state index contributed by atoms with van der Waals surface area (Å²) in [7, 11) is 0. The molecule has 0 unspecified atom stereocenters. The maximum Gasteiger partial charge on any atom is 0.248 e. The van der Waals surface area contributed by atoms with Gasteiger partial charge in [0.1, 0.15) is 6.33 Å². The van der Waals surface area contributed by atoms with Crippen LogP contribution in [0.5, 0.6) is 0 Å². The van der Waals surface area contributed by atoms with E-state index in [1.54, 1.807) is 17.1 Å². The van der Waals surface area contributed by atoms with Gasteiger partial charge in [-0.3, -0.25) is 5.32 Å². The topological polar surface area (TPSA) is 54.8 Å². The first-order valence-electron chi connectivity index (χ1n) is 7.89. The molecule has 1 heterocycles. The Bertz CT molecular complexity index is 955. The number of aromatic nitrogens is 3. The number of hydrogen-bond acceptors (Lipinski definition) is 3. The van der Waals surface area contributed by atoms with Crippen LogP contribution in [0.15, 0.2) is 42.7 Å². The molecule has 0 aliphatic rings. The van der Waals surface area contributed by atoms with E-state index >= 15 is 0 Å². The summed E-state index contributed by atoms with van der Waals surface area (Å²) < 4.78 is 1.70. The number of thiocarbonyl (C=S) groups is 1. The zero-order chi connectivity index (χ0) is 18.7. The van der Waals surface area contributed by atoms with Crippen LogP contribution >= 0.6 is 35.4 Å². The third-order valence-corrected chi connectivity index (χ3v) is 4.67. The maximum atomic E-state index is 6.04. The Kier molecular flexibility index (Phi) is 5.76. The molecule has 0 saturated carbocycles. The van der Waals surface area contributed by atoms with Crippen molar-refractivity contribution in [3.05, 3.63) is 69.5 Å². The second kappa shape index (κ2) is 8.03. The smallest absolute Gasteiger partial charge is 0.248 e. The predicted octanol–water partition coefficient (Wildman–Crippen LogP) is 5.06. The van der Waals surface area contributed by atoms with E-state index in [2.05, 4.69) is 26.8 Å². The molecule has 3 rings (SSSR count). The zero-order valence-corrected chi connectivity index (χ0v) is 16.6. The molecular formula is C18H17Cl2N5S. The van der Waals surface area contributed by atoms with Crippen molar-refractivity contribution in [3.8, 4) is 0 Å². The third-order valence-electron chi connectivity index (χ3n) is 3.73. The fourth-order valence-electron chi connectivity index (χ4n) is 2.38. The minimum Gasteiger partial charge on any atom is -0.332 e. The minimum absolute atomic E-state index is 0.424. The van der Waals surface area contributed by atoms with Crippen molar-refractivity contribution in [2.24, 2.45) is 0 Å². The fraction of sp³-hybridized carbons (Fsp3) is 0.167. The number of aryl methyl sites for hydroxylation is 2. The van der Waals surface area contributed by atoms with E-state index in [4.69, 9.17) is 35.4 Å². The molecule has 8 heteroatoms. The number of benzene rings is 2. The van der Waals surface area contributed by atoms with Gasteiger partial charge in [0.15, 0.2) is 5.11 Å². The fourth-order valence-corrected chi connectivity index (χ4v) is 2.90. The molecule has 0 atom stereocenters. The third kappa shape index (κ3) is 4.72. The van der Waals surface area contributed by atoms with Crippen molar-refractivity contribution in [3.63, 3.8) is 0 Å². The molecule has 1 aromatic heterocycles. The van der Waals surface area contributed by atoms with Crippen LogP contribution in [0, 0.1) is 13.8 Å². The van der Waals surface area contributed by atoms with Crippen LogP contribution in [0.1, 0.15) is 16.7 Å². The zero-order valence-electron chi connectivity index (χ0n) is 14.3. The maximum absolute atomic E-state index is 6.04. The Hall–Kier alpha value is -2.15. The molecule has 5 nitrogen and oxygen atoms in total. The normalized spacial score (nSPS) is 10.6. The summed E-state index contributed by atoms with van der Waals surface area (Å²) in [4.78, 5) is 4.23. The quantitative estimate of drug-likeness (QED) is 0.594. The standard InChI is InChI=1S/C18H17Cl2N5S/c1-11-3-4-12(2)16(7-11)22-18(26)23-17-21-10-25(24-17)9-13-5-6-14(19)15(20)8-13/h3-8,10H,9H2,1-2H3,(H2,22,23,24,26). The van der Waals surface area contributed by atoms with Crippen molar-refractivity contribution in [2.45, 2.75) is 20.4 Å². The van der Waals surface area contributed by atoms with Crippen molar-refractivity contribution in [2.75, 3.05) is 10.6 Å². The van der Waals surface area contributed by atoms with Crippen molar-refractivity contribution in [1.82, 2.24) is 14.8 Å². The lowest BCUT2D eigenvalue weighted by molar-refractivity contribution is 0.687. The molecule has 0 radical (unpaired) electrons. The van der Waals surface area contributed by atoms with Crippen LogP contribution in [-0.4, -0.2) is 19.9 Å². The van der Waals surface area contributed by atoms with Crippen LogP contribution < -0.4 is 10.6 Å². The lowest BCUT2D eigenvalue weighted by Gasteiger charge is -2.11. The van der Waals surface area contributed by atoms with Crippen molar-refractivity contribution >= 4 is 52.2 Å². The summed E-state index contributed by atoms with van der Waals surface area (Å²) in [6, 6.07) is 11.6. The SMILES string of the molecule is Cc1ccc(C)c(NC(=S)Nc2ncn(Cc3ccc(Cl)c(Cl)c3)n2)c1. The van der Waals surface area contributed by atoms with Gasteiger partial charge in [-0.05, 0) is 61.0 Å². The summed E-state index contributed by atoms with van der Waals surface area (Å²) in [5.41, 5.74) is 4.20. The van der Waals surface area contributed by atoms with E-state index in [0.29, 0.717) is 27.7 Å². The largest absolute Gasteiger partial charge is 0.332 e. The Labute approximate surface area is 167 Å². The highest BCUT2D eigenvalue weighted by atomic mass is 35.5. The van der Waals surface area contributed by atoms with Crippen molar-refractivity contribution in [1.29, 1.82) is 0 Å². The summed E-state index contributed by atoms with van der Waals surface area (Å²) in [6.45, 7) is 4.59. The Morgan fingerprint density at radius 2 is 1.88 bits per heavy atom. The highest BCUT2D eigenvalue weighted by molar-refractivity contribution is 7.80. The first-order chi connectivity index (χ1) is 12.4. The highest BCUT2D eigenvalue weighted by Gasteiger charge is 2.07. The molecule has 0 aliphatic heterocycles. The molecule has 0 saturated heterocycles. The number of nitrogens with zero attached hydrogens (tertiary/aromatic N) is 3. The van der Waals surface area contributed by atoms with E-state index in [-0.39, 0.29) is 0 Å². The summed E-state index contributed by atoms with van der Waals surface area (Å²) in [6.07, 6.45) is 1.63. The molecule has 0 bridgehead atoms. The second-order valence-corrected chi connectivity index (χ2v) is 7.13. The van der Waals surface area contributed by atoms with Gasteiger partial charge in [0.25, 0.3) is 0 Å². The Balaban J connectivity index is 1.63. The van der Waals surface area contributed by atoms with Gasteiger partial charge in [-0.15, -0.1) is 5.10 Å². The lowest BCUT2D eigenvalue weighted by Crippen LogP contribution is -2.20. The van der Waals surface area contributed by atoms with Gasteiger partial charge in [0, 0.05) is 5.69 Å². The Morgan fingerprint density at radius 1 is 1.08 bits per heavy atom. The highest BCUT2D eigenvalue weighted by Crippen LogP contribution is 2.23. The van der Waals surface area contributed by atoms with E-state index in [1.165, 1.54) is 0 Å². The van der Waals surface area contributed by atoms with Gasteiger partial charge in [0.2, 0.25) is 5.95 Å². The molecular weight excluding hydrogens is 389 g/mol. The molecule has 0 aliphatic carbocycles. The average molecular weight is 406 g/mol. The molecule has 134 valence electrons.